The Kier molecular flexibility index (Phi) is 10.9. The number of halogens is 1. The predicted octanol–water partition coefficient (Wildman–Crippen LogP) is 2.15. The summed E-state index contributed by atoms with van der Waals surface area (Å²) >= 11 is 0. The average Bonchev–Trinajstić information content (AvgIpc) is 3.08. The van der Waals surface area contributed by atoms with Crippen LogP contribution in [0.1, 0.15) is 23.9 Å². The van der Waals surface area contributed by atoms with E-state index < -0.39 is 0 Å². The fourth-order valence-electron chi connectivity index (χ4n) is 2.43. The van der Waals surface area contributed by atoms with Crippen LogP contribution in [-0.2, 0) is 24.2 Å². The monoisotopic (exact) mass is 472 g/mol. The van der Waals surface area contributed by atoms with Crippen molar-refractivity contribution >= 4 is 29.9 Å². The standard InChI is InChI=1S/C18H28N6O.HI/c1-4-17-23-22-14-24(17)11-9-19-18(20-10-12-25-3)21-13-16-8-6-5-7-15(16)2;/h5-8,14H,4,9-13H2,1-3H3,(H2,19,20,21);1H. The first-order valence-corrected chi connectivity index (χ1v) is 8.67. The number of hydrogen-bond donors (Lipinski definition) is 2. The van der Waals surface area contributed by atoms with E-state index in [2.05, 4.69) is 56.4 Å². The van der Waals surface area contributed by atoms with Gasteiger partial charge in [-0.05, 0) is 18.1 Å². The molecule has 0 unspecified atom stereocenters. The Morgan fingerprint density at radius 1 is 1.23 bits per heavy atom. The van der Waals surface area contributed by atoms with Gasteiger partial charge in [0.05, 0.1) is 13.2 Å². The fourth-order valence-corrected chi connectivity index (χ4v) is 2.43. The van der Waals surface area contributed by atoms with Gasteiger partial charge in [0.25, 0.3) is 0 Å². The summed E-state index contributed by atoms with van der Waals surface area (Å²) in [6.07, 6.45) is 2.64. The Labute approximate surface area is 172 Å². The van der Waals surface area contributed by atoms with Crippen molar-refractivity contribution in [3.05, 3.63) is 47.5 Å². The smallest absolute Gasteiger partial charge is 0.191 e. The molecule has 8 heteroatoms. The highest BCUT2D eigenvalue weighted by Gasteiger charge is 2.03. The van der Waals surface area contributed by atoms with Crippen molar-refractivity contribution in [1.82, 2.24) is 25.4 Å². The summed E-state index contributed by atoms with van der Waals surface area (Å²) in [5.41, 5.74) is 2.47. The van der Waals surface area contributed by atoms with E-state index in [0.717, 1.165) is 31.3 Å². The van der Waals surface area contributed by atoms with Crippen molar-refractivity contribution in [3.63, 3.8) is 0 Å². The fraction of sp³-hybridized carbons (Fsp3) is 0.500. The highest BCUT2D eigenvalue weighted by Crippen LogP contribution is 2.07. The van der Waals surface area contributed by atoms with Gasteiger partial charge in [0.1, 0.15) is 12.2 Å². The molecule has 0 spiro atoms. The van der Waals surface area contributed by atoms with Crippen LogP contribution in [0.15, 0.2) is 35.6 Å². The van der Waals surface area contributed by atoms with Crippen LogP contribution in [0.2, 0.25) is 0 Å². The van der Waals surface area contributed by atoms with Crippen LogP contribution >= 0.6 is 24.0 Å². The molecule has 0 aliphatic rings. The normalized spacial score (nSPS) is 11.1. The van der Waals surface area contributed by atoms with Gasteiger partial charge in [0.2, 0.25) is 0 Å². The Morgan fingerprint density at radius 3 is 2.73 bits per heavy atom. The van der Waals surface area contributed by atoms with Gasteiger partial charge in [-0.1, -0.05) is 31.2 Å². The van der Waals surface area contributed by atoms with Crippen molar-refractivity contribution in [2.75, 3.05) is 26.8 Å². The van der Waals surface area contributed by atoms with E-state index in [1.165, 1.54) is 11.1 Å². The molecule has 144 valence electrons. The molecule has 1 aromatic carbocycles. The number of hydrogen-bond acceptors (Lipinski definition) is 4. The summed E-state index contributed by atoms with van der Waals surface area (Å²) in [6.45, 7) is 7.72. The second-order valence-corrected chi connectivity index (χ2v) is 5.73. The minimum absolute atomic E-state index is 0. The number of ether oxygens (including phenoxy) is 1. The number of aryl methyl sites for hydroxylation is 2. The lowest BCUT2D eigenvalue weighted by molar-refractivity contribution is 0.203. The Balaban J connectivity index is 0.00000338. The predicted molar refractivity (Wildman–Crippen MR) is 115 cm³/mol. The van der Waals surface area contributed by atoms with E-state index in [1.54, 1.807) is 13.4 Å². The van der Waals surface area contributed by atoms with Gasteiger partial charge in [-0.25, -0.2) is 4.99 Å². The number of guanidine groups is 1. The molecular weight excluding hydrogens is 443 g/mol. The van der Waals surface area contributed by atoms with Crippen molar-refractivity contribution in [2.45, 2.75) is 33.4 Å². The van der Waals surface area contributed by atoms with Crippen molar-refractivity contribution in [2.24, 2.45) is 4.99 Å². The molecule has 0 radical (unpaired) electrons. The second-order valence-electron chi connectivity index (χ2n) is 5.73. The molecule has 0 aliphatic heterocycles. The van der Waals surface area contributed by atoms with Gasteiger partial charge in [-0.2, -0.15) is 0 Å². The van der Waals surface area contributed by atoms with Crippen molar-refractivity contribution < 1.29 is 4.74 Å². The Bertz CT molecular complexity index is 673. The number of aromatic nitrogens is 3. The van der Waals surface area contributed by atoms with Gasteiger partial charge >= 0.3 is 0 Å². The maximum atomic E-state index is 5.10. The van der Waals surface area contributed by atoms with Crippen LogP contribution < -0.4 is 10.6 Å². The lowest BCUT2D eigenvalue weighted by Crippen LogP contribution is -2.40. The van der Waals surface area contributed by atoms with E-state index >= 15 is 0 Å². The van der Waals surface area contributed by atoms with E-state index in [9.17, 15) is 0 Å². The van der Waals surface area contributed by atoms with Crippen LogP contribution in [0.25, 0.3) is 0 Å². The molecule has 0 bridgehead atoms. The molecule has 0 atom stereocenters. The number of nitrogens with zero attached hydrogens (tertiary/aromatic N) is 4. The summed E-state index contributed by atoms with van der Waals surface area (Å²) in [5, 5.41) is 14.7. The first kappa shape index (κ1) is 22.4. The minimum Gasteiger partial charge on any atom is -0.383 e. The van der Waals surface area contributed by atoms with E-state index in [-0.39, 0.29) is 24.0 Å². The zero-order valence-corrected chi connectivity index (χ0v) is 18.1. The quantitative estimate of drug-likeness (QED) is 0.253. The maximum absolute atomic E-state index is 5.10. The van der Waals surface area contributed by atoms with Gasteiger partial charge < -0.3 is 19.9 Å². The highest BCUT2D eigenvalue weighted by atomic mass is 127. The summed E-state index contributed by atoms with van der Waals surface area (Å²) in [4.78, 5) is 4.69. The topological polar surface area (TPSA) is 76.4 Å². The van der Waals surface area contributed by atoms with Crippen LogP contribution in [0.5, 0.6) is 0 Å². The van der Waals surface area contributed by atoms with Crippen LogP contribution in [0.3, 0.4) is 0 Å². The zero-order chi connectivity index (χ0) is 17.9. The molecule has 7 nitrogen and oxygen atoms in total. The lowest BCUT2D eigenvalue weighted by atomic mass is 10.1. The lowest BCUT2D eigenvalue weighted by Gasteiger charge is -2.13. The van der Waals surface area contributed by atoms with Gasteiger partial charge in [0, 0.05) is 33.2 Å². The minimum atomic E-state index is 0. The summed E-state index contributed by atoms with van der Waals surface area (Å²) in [5.74, 6) is 1.78. The molecule has 0 aliphatic carbocycles. The molecule has 0 amide bonds. The Morgan fingerprint density at radius 2 is 2.00 bits per heavy atom. The number of methoxy groups -OCH3 is 1. The first-order valence-electron chi connectivity index (χ1n) is 8.67. The molecule has 1 heterocycles. The van der Waals surface area contributed by atoms with E-state index in [0.29, 0.717) is 19.7 Å². The third kappa shape index (κ3) is 7.28. The van der Waals surface area contributed by atoms with Crippen LogP contribution in [0, 0.1) is 6.92 Å². The summed E-state index contributed by atoms with van der Waals surface area (Å²) in [6, 6.07) is 8.30. The molecule has 2 rings (SSSR count). The van der Waals surface area contributed by atoms with E-state index in [1.807, 2.05) is 12.1 Å². The molecule has 0 saturated heterocycles. The highest BCUT2D eigenvalue weighted by molar-refractivity contribution is 14.0. The van der Waals surface area contributed by atoms with Crippen molar-refractivity contribution in [1.29, 1.82) is 0 Å². The van der Waals surface area contributed by atoms with Gasteiger partial charge in [-0.15, -0.1) is 34.2 Å². The molecule has 2 N–H and O–H groups in total. The number of rotatable bonds is 9. The molecule has 0 fully saturated rings. The van der Waals surface area contributed by atoms with Crippen LogP contribution in [0.4, 0.5) is 0 Å². The van der Waals surface area contributed by atoms with Gasteiger partial charge in [0.15, 0.2) is 5.96 Å². The first-order chi connectivity index (χ1) is 12.2. The van der Waals surface area contributed by atoms with E-state index in [4.69, 9.17) is 4.74 Å². The summed E-state index contributed by atoms with van der Waals surface area (Å²) < 4.78 is 7.16. The molecule has 1 aromatic heterocycles. The average molecular weight is 472 g/mol. The second kappa shape index (κ2) is 12.6. The number of nitrogens with one attached hydrogen (secondary N) is 2. The SMILES string of the molecule is CCc1nncn1CCNC(=NCc1ccccc1C)NCCOC.I. The van der Waals surface area contributed by atoms with Crippen molar-refractivity contribution in [3.8, 4) is 0 Å². The Hall–Kier alpha value is -1.68. The zero-order valence-electron chi connectivity index (χ0n) is 15.7. The number of aliphatic imine (C=N–C) groups is 1. The third-order valence-electron chi connectivity index (χ3n) is 3.92. The third-order valence-corrected chi connectivity index (χ3v) is 3.92. The maximum Gasteiger partial charge on any atom is 0.191 e. The summed E-state index contributed by atoms with van der Waals surface area (Å²) in [7, 11) is 1.69. The largest absolute Gasteiger partial charge is 0.383 e. The van der Waals surface area contributed by atoms with Crippen LogP contribution in [-0.4, -0.2) is 47.5 Å². The molecular formula is C18H29IN6O. The van der Waals surface area contributed by atoms with Gasteiger partial charge in [-0.3, -0.25) is 0 Å². The molecule has 26 heavy (non-hydrogen) atoms. The number of benzene rings is 1. The molecule has 0 saturated carbocycles. The molecule has 2 aromatic rings.